The normalized spacial score (nSPS) is 21.3. The molecule has 0 aromatic heterocycles. The van der Waals surface area contributed by atoms with E-state index >= 15 is 0 Å². The zero-order valence-corrected chi connectivity index (χ0v) is 20.2. The van der Waals surface area contributed by atoms with E-state index < -0.39 is 17.7 Å². The first-order chi connectivity index (χ1) is 16.9. The summed E-state index contributed by atoms with van der Waals surface area (Å²) < 4.78 is 27.4. The Bertz CT molecular complexity index is 1130. The van der Waals surface area contributed by atoms with Crippen molar-refractivity contribution in [3.05, 3.63) is 53.1 Å². The molecule has 186 valence electrons. The number of benzene rings is 2. The number of hydrogen-bond donors (Lipinski definition) is 1. The number of likely N-dealkylation sites (tertiary alicyclic amines) is 1. The van der Waals surface area contributed by atoms with Crippen LogP contribution in [0.3, 0.4) is 0 Å². The number of carbonyl (C=O) groups is 2. The molecule has 0 saturated carbocycles. The largest absolute Gasteiger partial charge is 0.507 e. The number of nitrogens with zero attached hydrogens (tertiary/aromatic N) is 1. The Balaban J connectivity index is 1.91. The van der Waals surface area contributed by atoms with Gasteiger partial charge in [0, 0.05) is 18.7 Å². The molecule has 2 aliphatic rings. The van der Waals surface area contributed by atoms with Crippen LogP contribution in [-0.4, -0.2) is 69.4 Å². The molecule has 35 heavy (non-hydrogen) atoms. The summed E-state index contributed by atoms with van der Waals surface area (Å²) >= 11 is 0. The van der Waals surface area contributed by atoms with Gasteiger partial charge in [0.15, 0.2) is 11.5 Å². The Kier molecular flexibility index (Phi) is 7.16. The summed E-state index contributed by atoms with van der Waals surface area (Å²) in [4.78, 5) is 28.0. The van der Waals surface area contributed by atoms with E-state index in [2.05, 4.69) is 0 Å². The highest BCUT2D eigenvalue weighted by atomic mass is 16.5. The van der Waals surface area contributed by atoms with Gasteiger partial charge in [0.2, 0.25) is 5.75 Å². The first-order valence-electron chi connectivity index (χ1n) is 11.3. The lowest BCUT2D eigenvalue weighted by Gasteiger charge is -2.28. The van der Waals surface area contributed by atoms with Gasteiger partial charge in [0.05, 0.1) is 46.2 Å². The highest BCUT2D eigenvalue weighted by Gasteiger charge is 2.47. The van der Waals surface area contributed by atoms with Crippen LogP contribution in [0.1, 0.15) is 30.0 Å². The Morgan fingerprint density at radius 3 is 2.31 bits per heavy atom. The fourth-order valence-electron chi connectivity index (χ4n) is 4.61. The number of amides is 1. The molecule has 0 radical (unpaired) electrons. The maximum atomic E-state index is 13.3. The molecule has 1 N–H and O–H groups in total. The van der Waals surface area contributed by atoms with Crippen LogP contribution in [0.25, 0.3) is 5.76 Å². The number of aliphatic hydroxyl groups excluding tert-OH is 1. The first-order valence-corrected chi connectivity index (χ1v) is 11.3. The van der Waals surface area contributed by atoms with E-state index in [1.165, 1.54) is 33.3 Å². The Labute approximate surface area is 203 Å². The van der Waals surface area contributed by atoms with Gasteiger partial charge in [0.25, 0.3) is 11.7 Å². The minimum absolute atomic E-state index is 0.0319. The van der Waals surface area contributed by atoms with E-state index in [-0.39, 0.29) is 24.0 Å². The molecule has 0 spiro atoms. The maximum absolute atomic E-state index is 13.3. The smallest absolute Gasteiger partial charge is 0.295 e. The molecule has 2 fully saturated rings. The highest BCUT2D eigenvalue weighted by Crippen LogP contribution is 2.46. The predicted molar refractivity (Wildman–Crippen MR) is 127 cm³/mol. The molecule has 0 bridgehead atoms. The Morgan fingerprint density at radius 1 is 1.03 bits per heavy atom. The monoisotopic (exact) mass is 483 g/mol. The van der Waals surface area contributed by atoms with Crippen molar-refractivity contribution >= 4 is 17.4 Å². The van der Waals surface area contributed by atoms with Gasteiger partial charge in [-0.25, -0.2) is 0 Å². The number of hydrogen-bond acceptors (Lipinski definition) is 8. The molecule has 0 aliphatic carbocycles. The molecule has 9 nitrogen and oxygen atoms in total. The third kappa shape index (κ3) is 4.51. The molecule has 2 atom stereocenters. The fourth-order valence-corrected chi connectivity index (χ4v) is 4.61. The summed E-state index contributed by atoms with van der Waals surface area (Å²) in [6.45, 7) is 0.814. The molecule has 2 saturated heterocycles. The number of methoxy groups -OCH3 is 4. The second-order valence-electron chi connectivity index (χ2n) is 8.28. The van der Waals surface area contributed by atoms with Gasteiger partial charge in [-0.15, -0.1) is 0 Å². The average Bonchev–Trinajstić information content (AvgIpc) is 3.49. The van der Waals surface area contributed by atoms with Crippen LogP contribution < -0.4 is 18.9 Å². The lowest BCUT2D eigenvalue weighted by molar-refractivity contribution is -0.140. The maximum Gasteiger partial charge on any atom is 0.295 e. The van der Waals surface area contributed by atoms with Crippen molar-refractivity contribution in [3.63, 3.8) is 0 Å². The summed E-state index contributed by atoms with van der Waals surface area (Å²) in [5.41, 5.74) is 0.855. The van der Waals surface area contributed by atoms with Crippen molar-refractivity contribution in [1.29, 1.82) is 0 Å². The molecule has 9 heteroatoms. The van der Waals surface area contributed by atoms with Crippen LogP contribution in [0, 0.1) is 0 Å². The van der Waals surface area contributed by atoms with Gasteiger partial charge < -0.3 is 33.7 Å². The van der Waals surface area contributed by atoms with E-state index in [1.807, 2.05) is 0 Å². The Morgan fingerprint density at radius 2 is 1.74 bits per heavy atom. The highest BCUT2D eigenvalue weighted by molar-refractivity contribution is 6.46. The van der Waals surface area contributed by atoms with Gasteiger partial charge in [-0.2, -0.15) is 0 Å². The van der Waals surface area contributed by atoms with Gasteiger partial charge in [-0.1, -0.05) is 12.1 Å². The van der Waals surface area contributed by atoms with Crippen LogP contribution in [0.2, 0.25) is 0 Å². The summed E-state index contributed by atoms with van der Waals surface area (Å²) in [6.07, 6.45) is 1.46. The molecule has 0 unspecified atom stereocenters. The van der Waals surface area contributed by atoms with Crippen LogP contribution >= 0.6 is 0 Å². The van der Waals surface area contributed by atoms with Crippen molar-refractivity contribution < 1.29 is 38.4 Å². The van der Waals surface area contributed by atoms with Crippen molar-refractivity contribution in [3.8, 4) is 23.0 Å². The molecule has 2 heterocycles. The minimum Gasteiger partial charge on any atom is -0.507 e. The van der Waals surface area contributed by atoms with Gasteiger partial charge >= 0.3 is 0 Å². The average molecular weight is 484 g/mol. The summed E-state index contributed by atoms with van der Waals surface area (Å²) in [6, 6.07) is 9.15. The minimum atomic E-state index is -0.890. The van der Waals surface area contributed by atoms with Gasteiger partial charge in [-0.3, -0.25) is 9.59 Å². The molecule has 1 amide bonds. The zero-order valence-electron chi connectivity index (χ0n) is 20.2. The van der Waals surface area contributed by atoms with E-state index in [4.69, 9.17) is 23.7 Å². The number of rotatable bonds is 8. The van der Waals surface area contributed by atoms with Crippen LogP contribution in [0.15, 0.2) is 42.0 Å². The molecular formula is C26H29NO8. The molecule has 4 rings (SSSR count). The number of carbonyl (C=O) groups excluding carboxylic acids is 2. The second kappa shape index (κ2) is 10.3. The van der Waals surface area contributed by atoms with Gasteiger partial charge in [-0.05, 0) is 42.7 Å². The van der Waals surface area contributed by atoms with Crippen molar-refractivity contribution in [2.24, 2.45) is 0 Å². The quantitative estimate of drug-likeness (QED) is 0.347. The topological polar surface area (TPSA) is 104 Å². The van der Waals surface area contributed by atoms with Gasteiger partial charge in [0.1, 0.15) is 11.5 Å². The number of ether oxygens (including phenoxy) is 5. The van der Waals surface area contributed by atoms with Crippen LogP contribution in [0.5, 0.6) is 23.0 Å². The SMILES string of the molecule is COc1cccc(C(O)=C2C(=O)C(=O)N(C[C@H]3CCCO3)[C@@H]2c2cc(OC)c(OC)c(OC)c2)c1. The fraction of sp³-hybridized carbons (Fsp3) is 0.385. The summed E-state index contributed by atoms with van der Waals surface area (Å²) in [5.74, 6) is -0.159. The van der Waals surface area contributed by atoms with Crippen LogP contribution in [-0.2, 0) is 14.3 Å². The lowest BCUT2D eigenvalue weighted by atomic mass is 9.94. The predicted octanol–water partition coefficient (Wildman–Crippen LogP) is 3.32. The Hall–Kier alpha value is -3.72. The number of Topliss-reactive ketones (excluding diaryl/α,β-unsaturated/α-hetero) is 1. The van der Waals surface area contributed by atoms with Crippen molar-refractivity contribution in [2.45, 2.75) is 25.0 Å². The zero-order chi connectivity index (χ0) is 25.1. The van der Waals surface area contributed by atoms with Crippen molar-refractivity contribution in [2.75, 3.05) is 41.6 Å². The van der Waals surface area contributed by atoms with E-state index in [1.54, 1.807) is 36.4 Å². The second-order valence-corrected chi connectivity index (χ2v) is 8.28. The number of aliphatic hydroxyl groups is 1. The van der Waals surface area contributed by atoms with E-state index in [0.717, 1.165) is 12.8 Å². The third-order valence-electron chi connectivity index (χ3n) is 6.31. The molecule has 2 aliphatic heterocycles. The standard InChI is InChI=1S/C26H29NO8/c1-31-17-8-5-7-15(11-17)23(28)21-22(16-12-19(32-2)25(34-4)20(13-16)33-3)27(26(30)24(21)29)14-18-9-6-10-35-18/h5,7-8,11-13,18,22,28H,6,9-10,14H2,1-4H3/t18-,22-/m1/s1. The molecule has 2 aromatic carbocycles. The lowest BCUT2D eigenvalue weighted by Crippen LogP contribution is -2.36. The third-order valence-corrected chi connectivity index (χ3v) is 6.31. The molecule has 2 aromatic rings. The number of ketones is 1. The summed E-state index contributed by atoms with van der Waals surface area (Å²) in [5, 5.41) is 11.3. The van der Waals surface area contributed by atoms with E-state index in [9.17, 15) is 14.7 Å². The summed E-state index contributed by atoms with van der Waals surface area (Å²) in [7, 11) is 5.98. The first kappa shape index (κ1) is 24.4. The van der Waals surface area contributed by atoms with Crippen molar-refractivity contribution in [1.82, 2.24) is 4.90 Å². The molecular weight excluding hydrogens is 454 g/mol. The van der Waals surface area contributed by atoms with E-state index in [0.29, 0.717) is 40.7 Å². The van der Waals surface area contributed by atoms with Crippen LogP contribution in [0.4, 0.5) is 0 Å².